The first-order chi connectivity index (χ1) is 11.4. The van der Waals surface area contributed by atoms with Gasteiger partial charge in [-0.2, -0.15) is 5.26 Å². The molecule has 1 amide bonds. The molecule has 0 saturated carbocycles. The highest BCUT2D eigenvalue weighted by Gasteiger charge is 2.20. The molecular weight excluding hydrogens is 302 g/mol. The monoisotopic (exact) mass is 319 g/mol. The van der Waals surface area contributed by atoms with Gasteiger partial charge in [0.2, 0.25) is 0 Å². The maximum Gasteiger partial charge on any atom is 0.270 e. The molecule has 120 valence electrons. The highest BCUT2D eigenvalue weighted by molar-refractivity contribution is 5.94. The molecule has 0 spiro atoms. The zero-order chi connectivity index (χ0) is 17.3. The van der Waals surface area contributed by atoms with Crippen LogP contribution in [0.2, 0.25) is 0 Å². The number of hydrogen-bond acceptors (Lipinski definition) is 4. The molecule has 24 heavy (non-hydrogen) atoms. The fraction of sp³-hybridized carbons (Fsp3) is 0.222. The van der Waals surface area contributed by atoms with E-state index in [0.29, 0.717) is 5.65 Å². The van der Waals surface area contributed by atoms with E-state index in [1.54, 1.807) is 16.8 Å². The zero-order valence-electron chi connectivity index (χ0n) is 13.7. The molecule has 3 aromatic rings. The second-order valence-corrected chi connectivity index (χ2v) is 6.50. The molecule has 2 aromatic heterocycles. The smallest absolute Gasteiger partial charge is 0.270 e. The molecule has 0 aliphatic heterocycles. The lowest BCUT2D eigenvalue weighted by Gasteiger charge is -2.20. The minimum Gasteiger partial charge on any atom is -0.346 e. The van der Waals surface area contributed by atoms with Gasteiger partial charge >= 0.3 is 0 Å². The Morgan fingerprint density at radius 2 is 1.96 bits per heavy atom. The minimum absolute atomic E-state index is 0.192. The van der Waals surface area contributed by atoms with E-state index in [1.807, 2.05) is 57.2 Å². The van der Waals surface area contributed by atoms with Crippen LogP contribution in [0.4, 0.5) is 0 Å². The van der Waals surface area contributed by atoms with Crippen LogP contribution in [0.1, 0.15) is 37.0 Å². The molecule has 1 aromatic carbocycles. The summed E-state index contributed by atoms with van der Waals surface area (Å²) in [5.41, 5.74) is 2.12. The average Bonchev–Trinajstić information content (AvgIpc) is 2.96. The van der Waals surface area contributed by atoms with Crippen molar-refractivity contribution in [1.29, 1.82) is 5.26 Å². The van der Waals surface area contributed by atoms with E-state index in [9.17, 15) is 10.1 Å². The number of fused-ring (bicyclic) bond motifs is 1. The van der Waals surface area contributed by atoms with Crippen LogP contribution in [0.15, 0.2) is 42.7 Å². The Bertz CT molecular complexity index is 945. The van der Waals surface area contributed by atoms with Crippen molar-refractivity contribution in [3.63, 3.8) is 0 Å². The van der Waals surface area contributed by atoms with Crippen LogP contribution in [0, 0.1) is 11.3 Å². The van der Waals surface area contributed by atoms with Crippen molar-refractivity contribution in [2.45, 2.75) is 26.3 Å². The number of rotatable bonds is 2. The van der Waals surface area contributed by atoms with Crippen LogP contribution in [0.3, 0.4) is 0 Å². The van der Waals surface area contributed by atoms with Gasteiger partial charge in [0, 0.05) is 5.54 Å². The van der Waals surface area contributed by atoms with Crippen molar-refractivity contribution in [1.82, 2.24) is 19.7 Å². The van der Waals surface area contributed by atoms with Gasteiger partial charge in [0.25, 0.3) is 5.91 Å². The number of carbonyl (C=O) groups is 1. The second kappa shape index (κ2) is 5.78. The summed E-state index contributed by atoms with van der Waals surface area (Å²) in [6, 6.07) is 13.4. The molecule has 6 nitrogen and oxygen atoms in total. The second-order valence-electron chi connectivity index (χ2n) is 6.50. The van der Waals surface area contributed by atoms with E-state index in [4.69, 9.17) is 0 Å². The van der Waals surface area contributed by atoms with Gasteiger partial charge in [0.1, 0.15) is 18.1 Å². The largest absolute Gasteiger partial charge is 0.346 e. The lowest BCUT2D eigenvalue weighted by molar-refractivity contribution is 0.0914. The molecule has 2 heterocycles. The van der Waals surface area contributed by atoms with Crippen LogP contribution in [-0.4, -0.2) is 25.8 Å². The molecule has 0 radical (unpaired) electrons. The van der Waals surface area contributed by atoms with Crippen molar-refractivity contribution in [3.8, 4) is 17.3 Å². The first-order valence-corrected chi connectivity index (χ1v) is 7.55. The Labute approximate surface area is 139 Å². The Morgan fingerprint density at radius 3 is 2.58 bits per heavy atom. The highest BCUT2D eigenvalue weighted by Crippen LogP contribution is 2.22. The topological polar surface area (TPSA) is 83.1 Å². The number of aromatic nitrogens is 3. The maximum atomic E-state index is 12.5. The fourth-order valence-electron chi connectivity index (χ4n) is 2.40. The van der Waals surface area contributed by atoms with Crippen LogP contribution >= 0.6 is 0 Å². The predicted molar refractivity (Wildman–Crippen MR) is 90.4 cm³/mol. The SMILES string of the molecule is CC(C)(C)NC(=O)c1cc(-c2ccccc2)n2cnc(C#N)c2n1. The third-order valence-electron chi connectivity index (χ3n) is 3.40. The van der Waals surface area contributed by atoms with E-state index in [-0.39, 0.29) is 22.8 Å². The van der Waals surface area contributed by atoms with Crippen molar-refractivity contribution in [2.75, 3.05) is 0 Å². The summed E-state index contributed by atoms with van der Waals surface area (Å²) < 4.78 is 1.72. The molecule has 0 aliphatic rings. The molecule has 0 atom stereocenters. The van der Waals surface area contributed by atoms with E-state index in [1.165, 1.54) is 0 Å². The summed E-state index contributed by atoms with van der Waals surface area (Å²) in [6.07, 6.45) is 1.55. The maximum absolute atomic E-state index is 12.5. The van der Waals surface area contributed by atoms with E-state index in [0.717, 1.165) is 11.3 Å². The molecule has 6 heteroatoms. The lowest BCUT2D eigenvalue weighted by Crippen LogP contribution is -2.41. The Balaban J connectivity index is 2.22. The van der Waals surface area contributed by atoms with Crippen LogP contribution in [0.5, 0.6) is 0 Å². The predicted octanol–water partition coefficient (Wildman–Crippen LogP) is 2.80. The highest BCUT2D eigenvalue weighted by atomic mass is 16.2. The van der Waals surface area contributed by atoms with Gasteiger partial charge in [0.05, 0.1) is 5.69 Å². The summed E-state index contributed by atoms with van der Waals surface area (Å²) in [6.45, 7) is 5.71. The standard InChI is InChI=1S/C18H17N5O/c1-18(2,3)22-17(24)13-9-15(12-7-5-4-6-8-12)23-11-20-14(10-19)16(23)21-13/h4-9,11H,1-3H3,(H,22,24). The van der Waals surface area contributed by atoms with Crippen molar-refractivity contribution < 1.29 is 4.79 Å². The summed E-state index contributed by atoms with van der Waals surface area (Å²) in [7, 11) is 0. The normalized spacial score (nSPS) is 11.2. The Morgan fingerprint density at radius 1 is 1.25 bits per heavy atom. The van der Waals surface area contributed by atoms with Gasteiger partial charge in [0.15, 0.2) is 11.3 Å². The lowest BCUT2D eigenvalue weighted by atomic mass is 10.1. The van der Waals surface area contributed by atoms with Crippen molar-refractivity contribution >= 4 is 11.6 Å². The Kier molecular flexibility index (Phi) is 3.78. The first kappa shape index (κ1) is 15.7. The number of benzene rings is 1. The molecule has 3 rings (SSSR count). The first-order valence-electron chi connectivity index (χ1n) is 7.55. The minimum atomic E-state index is -0.379. The summed E-state index contributed by atoms with van der Waals surface area (Å²) in [4.78, 5) is 20.9. The van der Waals surface area contributed by atoms with Crippen molar-refractivity contribution in [2.24, 2.45) is 0 Å². The van der Waals surface area contributed by atoms with Gasteiger partial charge in [-0.15, -0.1) is 0 Å². The van der Waals surface area contributed by atoms with E-state index >= 15 is 0 Å². The Hall–Kier alpha value is -3.20. The molecule has 0 fully saturated rings. The van der Waals surface area contributed by atoms with E-state index < -0.39 is 0 Å². The molecular formula is C18H17N5O. The zero-order valence-corrected chi connectivity index (χ0v) is 13.7. The molecule has 1 N–H and O–H groups in total. The van der Waals surface area contributed by atoms with Crippen LogP contribution < -0.4 is 5.32 Å². The number of hydrogen-bond donors (Lipinski definition) is 1. The average molecular weight is 319 g/mol. The van der Waals surface area contributed by atoms with Gasteiger partial charge < -0.3 is 5.32 Å². The van der Waals surface area contributed by atoms with Gasteiger partial charge in [-0.1, -0.05) is 30.3 Å². The van der Waals surface area contributed by atoms with Gasteiger partial charge in [-0.25, -0.2) is 9.97 Å². The quantitative estimate of drug-likeness (QED) is 0.787. The van der Waals surface area contributed by atoms with Crippen LogP contribution in [0.25, 0.3) is 16.9 Å². The summed E-state index contributed by atoms with van der Waals surface area (Å²) in [5, 5.41) is 12.1. The molecule has 0 unspecified atom stereocenters. The third kappa shape index (κ3) is 2.97. The van der Waals surface area contributed by atoms with Crippen LogP contribution in [-0.2, 0) is 0 Å². The molecule has 0 bridgehead atoms. The van der Waals surface area contributed by atoms with E-state index in [2.05, 4.69) is 15.3 Å². The molecule has 0 saturated heterocycles. The number of amides is 1. The number of imidazole rings is 1. The van der Waals surface area contributed by atoms with Gasteiger partial charge in [-0.3, -0.25) is 9.20 Å². The number of nitrogens with zero attached hydrogens (tertiary/aromatic N) is 4. The fourth-order valence-corrected chi connectivity index (χ4v) is 2.40. The van der Waals surface area contributed by atoms with Crippen molar-refractivity contribution in [3.05, 3.63) is 54.1 Å². The molecule has 0 aliphatic carbocycles. The third-order valence-corrected chi connectivity index (χ3v) is 3.40. The number of nitrogens with one attached hydrogen (secondary N) is 1. The summed E-state index contributed by atoms with van der Waals surface area (Å²) in [5.74, 6) is -0.285. The summed E-state index contributed by atoms with van der Waals surface area (Å²) >= 11 is 0. The van der Waals surface area contributed by atoms with Gasteiger partial charge in [-0.05, 0) is 32.4 Å². The number of nitriles is 1. The number of carbonyl (C=O) groups excluding carboxylic acids is 1.